The normalized spacial score (nSPS) is 17.8. The number of anilines is 1. The van der Waals surface area contributed by atoms with Crippen molar-refractivity contribution in [1.82, 2.24) is 4.90 Å². The van der Waals surface area contributed by atoms with Crippen molar-refractivity contribution >= 4 is 17.5 Å². The van der Waals surface area contributed by atoms with Gasteiger partial charge in [0.05, 0.1) is 16.8 Å². The molecule has 2 heterocycles. The highest BCUT2D eigenvalue weighted by atomic mass is 16.2. The first-order chi connectivity index (χ1) is 11.2. The third kappa shape index (κ3) is 2.45. The second-order valence-electron chi connectivity index (χ2n) is 6.14. The van der Waals surface area contributed by atoms with Crippen LogP contribution in [0.5, 0.6) is 0 Å². The van der Waals surface area contributed by atoms with Gasteiger partial charge in [0.1, 0.15) is 0 Å². The van der Waals surface area contributed by atoms with Gasteiger partial charge in [-0.1, -0.05) is 24.3 Å². The van der Waals surface area contributed by atoms with Crippen molar-refractivity contribution in [3.63, 3.8) is 0 Å². The molecule has 4 heteroatoms. The van der Waals surface area contributed by atoms with Crippen molar-refractivity contribution < 1.29 is 9.59 Å². The van der Waals surface area contributed by atoms with Crippen LogP contribution in [0.15, 0.2) is 48.5 Å². The van der Waals surface area contributed by atoms with Gasteiger partial charge in [-0.05, 0) is 55.8 Å². The fourth-order valence-electron chi connectivity index (χ4n) is 3.37. The maximum Gasteiger partial charge on any atom is 0.266 e. The number of benzene rings is 2. The maximum atomic E-state index is 12.5. The molecule has 0 atom stereocenters. The lowest BCUT2D eigenvalue weighted by atomic mass is 10.1. The first kappa shape index (κ1) is 14.2. The Labute approximate surface area is 135 Å². The third-order valence-corrected chi connectivity index (χ3v) is 4.59. The van der Waals surface area contributed by atoms with Gasteiger partial charge >= 0.3 is 0 Å². The lowest BCUT2D eigenvalue weighted by Gasteiger charge is -2.17. The molecule has 4 nitrogen and oxygen atoms in total. The molecule has 0 spiro atoms. The van der Waals surface area contributed by atoms with E-state index in [1.165, 1.54) is 23.3 Å². The third-order valence-electron chi connectivity index (χ3n) is 4.59. The predicted molar refractivity (Wildman–Crippen MR) is 88.5 cm³/mol. The van der Waals surface area contributed by atoms with Crippen LogP contribution in [-0.4, -0.2) is 29.8 Å². The Morgan fingerprint density at radius 2 is 1.35 bits per heavy atom. The van der Waals surface area contributed by atoms with Crippen LogP contribution in [-0.2, 0) is 6.54 Å². The molecule has 0 aliphatic carbocycles. The summed E-state index contributed by atoms with van der Waals surface area (Å²) in [4.78, 5) is 28.6. The van der Waals surface area contributed by atoms with Crippen LogP contribution in [0.4, 0.5) is 5.69 Å². The zero-order valence-corrected chi connectivity index (χ0v) is 12.9. The molecular formula is C19H18N2O2. The van der Waals surface area contributed by atoms with Gasteiger partial charge in [-0.15, -0.1) is 0 Å². The Kier molecular flexibility index (Phi) is 3.46. The molecule has 2 aliphatic heterocycles. The molecule has 0 N–H and O–H groups in total. The fraction of sp³-hybridized carbons (Fsp3) is 0.263. The van der Waals surface area contributed by atoms with Crippen LogP contribution >= 0.6 is 0 Å². The molecule has 2 aromatic carbocycles. The Morgan fingerprint density at radius 3 is 1.91 bits per heavy atom. The summed E-state index contributed by atoms with van der Waals surface area (Å²) in [7, 11) is 0. The number of rotatable bonds is 3. The molecule has 23 heavy (non-hydrogen) atoms. The molecule has 116 valence electrons. The number of imide groups is 1. The van der Waals surface area contributed by atoms with Gasteiger partial charge in [0.15, 0.2) is 0 Å². The molecule has 2 aromatic rings. The molecule has 0 radical (unpaired) electrons. The topological polar surface area (TPSA) is 40.6 Å². The summed E-state index contributed by atoms with van der Waals surface area (Å²) in [6.07, 6.45) is 2.54. The summed E-state index contributed by atoms with van der Waals surface area (Å²) < 4.78 is 0. The first-order valence-electron chi connectivity index (χ1n) is 8.03. The SMILES string of the molecule is O=C1c2ccccc2C(=O)N1c1ccc(CN2CCCC2)cc1. The lowest BCUT2D eigenvalue weighted by Crippen LogP contribution is -2.29. The van der Waals surface area contributed by atoms with E-state index in [1.54, 1.807) is 24.3 Å². The van der Waals surface area contributed by atoms with Gasteiger partial charge < -0.3 is 0 Å². The quantitative estimate of drug-likeness (QED) is 0.818. The number of nitrogens with zero attached hydrogens (tertiary/aromatic N) is 2. The van der Waals surface area contributed by atoms with E-state index < -0.39 is 0 Å². The highest BCUT2D eigenvalue weighted by Gasteiger charge is 2.36. The molecule has 2 amide bonds. The Morgan fingerprint density at radius 1 is 0.783 bits per heavy atom. The highest BCUT2D eigenvalue weighted by molar-refractivity contribution is 6.34. The average molecular weight is 306 g/mol. The summed E-state index contributed by atoms with van der Waals surface area (Å²) in [5, 5.41) is 0. The van der Waals surface area contributed by atoms with Crippen LogP contribution < -0.4 is 4.90 Å². The highest BCUT2D eigenvalue weighted by Crippen LogP contribution is 2.28. The van der Waals surface area contributed by atoms with E-state index in [4.69, 9.17) is 0 Å². The number of hydrogen-bond acceptors (Lipinski definition) is 3. The fourth-order valence-corrected chi connectivity index (χ4v) is 3.37. The van der Waals surface area contributed by atoms with Gasteiger partial charge in [0.25, 0.3) is 11.8 Å². The Balaban J connectivity index is 1.57. The number of hydrogen-bond donors (Lipinski definition) is 0. The van der Waals surface area contributed by atoms with Crippen molar-refractivity contribution in [2.24, 2.45) is 0 Å². The minimum Gasteiger partial charge on any atom is -0.299 e. The van der Waals surface area contributed by atoms with Gasteiger partial charge in [0.2, 0.25) is 0 Å². The molecule has 4 rings (SSSR count). The lowest BCUT2D eigenvalue weighted by molar-refractivity contribution is 0.0926. The molecule has 2 aliphatic rings. The molecule has 0 aromatic heterocycles. The predicted octanol–water partition coefficient (Wildman–Crippen LogP) is 3.08. The molecule has 0 saturated carbocycles. The summed E-state index contributed by atoms with van der Waals surface area (Å²) in [5.74, 6) is -0.476. The number of fused-ring (bicyclic) bond motifs is 1. The summed E-state index contributed by atoms with van der Waals surface area (Å²) in [5.41, 5.74) is 2.82. The second-order valence-corrected chi connectivity index (χ2v) is 6.14. The summed E-state index contributed by atoms with van der Waals surface area (Å²) in [6.45, 7) is 3.24. The van der Waals surface area contributed by atoms with E-state index in [2.05, 4.69) is 4.90 Å². The van der Waals surface area contributed by atoms with Crippen molar-refractivity contribution in [2.45, 2.75) is 19.4 Å². The Bertz CT molecular complexity index is 726. The summed E-state index contributed by atoms with van der Waals surface area (Å²) in [6, 6.07) is 14.7. The minimum absolute atomic E-state index is 0.238. The number of carbonyl (C=O) groups is 2. The van der Waals surface area contributed by atoms with Gasteiger partial charge in [-0.2, -0.15) is 0 Å². The van der Waals surface area contributed by atoms with Crippen LogP contribution in [0.2, 0.25) is 0 Å². The molecular weight excluding hydrogens is 288 g/mol. The summed E-state index contributed by atoms with van der Waals surface area (Å²) >= 11 is 0. The minimum atomic E-state index is -0.238. The van der Waals surface area contributed by atoms with E-state index in [0.717, 1.165) is 19.6 Å². The average Bonchev–Trinajstić information content (AvgIpc) is 3.17. The Hall–Kier alpha value is -2.46. The van der Waals surface area contributed by atoms with Crippen molar-refractivity contribution in [2.75, 3.05) is 18.0 Å². The zero-order chi connectivity index (χ0) is 15.8. The van der Waals surface area contributed by atoms with Gasteiger partial charge in [-0.25, -0.2) is 4.90 Å². The molecule has 0 unspecified atom stereocenters. The van der Waals surface area contributed by atoms with Crippen LogP contribution in [0, 0.1) is 0 Å². The van der Waals surface area contributed by atoms with E-state index in [0.29, 0.717) is 16.8 Å². The molecule has 1 saturated heterocycles. The number of likely N-dealkylation sites (tertiary alicyclic amines) is 1. The van der Waals surface area contributed by atoms with Crippen LogP contribution in [0.1, 0.15) is 39.1 Å². The van der Waals surface area contributed by atoms with Crippen molar-refractivity contribution in [1.29, 1.82) is 0 Å². The maximum absolute atomic E-state index is 12.5. The van der Waals surface area contributed by atoms with E-state index in [9.17, 15) is 9.59 Å². The zero-order valence-electron chi connectivity index (χ0n) is 12.9. The first-order valence-corrected chi connectivity index (χ1v) is 8.03. The standard InChI is InChI=1S/C19H18N2O2/c22-18-16-5-1-2-6-17(16)19(23)21(18)15-9-7-14(8-10-15)13-20-11-3-4-12-20/h1-2,5-10H,3-4,11-13H2. The number of carbonyl (C=O) groups excluding carboxylic acids is 2. The van der Waals surface area contributed by atoms with Crippen LogP contribution in [0.3, 0.4) is 0 Å². The molecule has 1 fully saturated rings. The van der Waals surface area contributed by atoms with Gasteiger partial charge in [-0.3, -0.25) is 14.5 Å². The van der Waals surface area contributed by atoms with Crippen molar-refractivity contribution in [3.05, 3.63) is 65.2 Å². The largest absolute Gasteiger partial charge is 0.299 e. The second kappa shape index (κ2) is 5.63. The van der Waals surface area contributed by atoms with E-state index in [1.807, 2.05) is 24.3 Å². The smallest absolute Gasteiger partial charge is 0.266 e. The van der Waals surface area contributed by atoms with Gasteiger partial charge in [0, 0.05) is 6.54 Å². The van der Waals surface area contributed by atoms with E-state index >= 15 is 0 Å². The monoisotopic (exact) mass is 306 g/mol. The van der Waals surface area contributed by atoms with E-state index in [-0.39, 0.29) is 11.8 Å². The number of amides is 2. The molecule has 0 bridgehead atoms. The van der Waals surface area contributed by atoms with Crippen molar-refractivity contribution in [3.8, 4) is 0 Å². The van der Waals surface area contributed by atoms with Crippen LogP contribution in [0.25, 0.3) is 0 Å².